The summed E-state index contributed by atoms with van der Waals surface area (Å²) in [6.45, 7) is 7.57. The van der Waals surface area contributed by atoms with Gasteiger partial charge in [-0.25, -0.2) is 9.78 Å². The van der Waals surface area contributed by atoms with E-state index in [9.17, 15) is 36.2 Å². The smallest absolute Gasteiger partial charge is 0.490 e. The van der Waals surface area contributed by atoms with Crippen LogP contribution in [0, 0.1) is 5.92 Å². The zero-order valence-corrected chi connectivity index (χ0v) is 24.8. The molecule has 44 heavy (non-hydrogen) atoms. The van der Waals surface area contributed by atoms with Crippen LogP contribution in [0.1, 0.15) is 50.3 Å². The Bertz CT molecular complexity index is 1450. The Hall–Kier alpha value is -3.72. The molecule has 1 aliphatic heterocycles. The van der Waals surface area contributed by atoms with Gasteiger partial charge in [0.1, 0.15) is 10.8 Å². The lowest BCUT2D eigenvalue weighted by molar-refractivity contribution is -0.192. The number of carboxylic acids is 2. The summed E-state index contributed by atoms with van der Waals surface area (Å²) in [5.74, 6) is -3.49. The van der Waals surface area contributed by atoms with Gasteiger partial charge in [-0.2, -0.15) is 30.7 Å². The van der Waals surface area contributed by atoms with E-state index in [1.54, 1.807) is 19.9 Å². The van der Waals surface area contributed by atoms with E-state index in [2.05, 4.69) is 27.2 Å². The minimum Gasteiger partial charge on any atom is -0.490 e. The summed E-state index contributed by atoms with van der Waals surface area (Å²) in [5, 5.41) is 16.8. The van der Waals surface area contributed by atoms with E-state index < -0.39 is 29.9 Å². The molecular formula is C29H31F6N3O5S. The van der Waals surface area contributed by atoms with Gasteiger partial charge in [0.2, 0.25) is 0 Å². The van der Waals surface area contributed by atoms with Crippen LogP contribution in [0.25, 0.3) is 22.0 Å². The van der Waals surface area contributed by atoms with Crippen LogP contribution >= 0.6 is 11.5 Å². The molecular weight excluding hydrogens is 616 g/mol. The van der Waals surface area contributed by atoms with Gasteiger partial charge >= 0.3 is 24.3 Å². The molecule has 3 aromatic rings. The quantitative estimate of drug-likeness (QED) is 0.248. The highest BCUT2D eigenvalue weighted by atomic mass is 32.1. The van der Waals surface area contributed by atoms with Crippen molar-refractivity contribution in [3.05, 3.63) is 53.1 Å². The van der Waals surface area contributed by atoms with Crippen molar-refractivity contribution in [3.63, 3.8) is 0 Å². The number of hydrogen-bond donors (Lipinski definition) is 2. The molecule has 2 N–H and O–H groups in total. The van der Waals surface area contributed by atoms with E-state index in [0.717, 1.165) is 53.8 Å². The molecule has 1 fully saturated rings. The fourth-order valence-corrected chi connectivity index (χ4v) is 5.35. The molecule has 0 amide bonds. The minimum atomic E-state index is -5.08. The van der Waals surface area contributed by atoms with Gasteiger partial charge in [-0.1, -0.05) is 25.1 Å². The number of hydrogen-bond acceptors (Lipinski definition) is 7. The molecule has 8 nitrogen and oxygen atoms in total. The third-order valence-electron chi connectivity index (χ3n) is 6.76. The van der Waals surface area contributed by atoms with Crippen molar-refractivity contribution in [2.24, 2.45) is 5.92 Å². The van der Waals surface area contributed by atoms with Gasteiger partial charge in [-0.3, -0.25) is 9.69 Å². The fraction of sp³-hybridized carbons (Fsp3) is 0.448. The van der Waals surface area contributed by atoms with Gasteiger partial charge in [0, 0.05) is 17.7 Å². The highest BCUT2D eigenvalue weighted by molar-refractivity contribution is 7.09. The Morgan fingerprint density at radius 2 is 1.70 bits per heavy atom. The van der Waals surface area contributed by atoms with Crippen LogP contribution in [0.2, 0.25) is 0 Å². The molecule has 0 saturated carbocycles. The molecule has 2 heterocycles. The molecule has 0 radical (unpaired) electrons. The zero-order valence-electron chi connectivity index (χ0n) is 24.0. The van der Waals surface area contributed by atoms with Crippen LogP contribution in [-0.2, 0) is 28.7 Å². The number of carboxylic acid groups (broad SMARTS) is 2. The summed E-state index contributed by atoms with van der Waals surface area (Å²) in [6.07, 6.45) is -8.02. The van der Waals surface area contributed by atoms with E-state index in [1.165, 1.54) is 6.07 Å². The summed E-state index contributed by atoms with van der Waals surface area (Å²) >= 11 is 1.06. The van der Waals surface area contributed by atoms with Gasteiger partial charge < -0.3 is 14.9 Å². The molecule has 4 rings (SSSR count). The van der Waals surface area contributed by atoms with Crippen molar-refractivity contribution in [1.82, 2.24) is 14.3 Å². The van der Waals surface area contributed by atoms with Crippen molar-refractivity contribution < 1.29 is 50.9 Å². The Kier molecular flexibility index (Phi) is 11.4. The van der Waals surface area contributed by atoms with E-state index in [0.29, 0.717) is 35.8 Å². The number of halogens is 6. The number of aromatic nitrogens is 2. The number of likely N-dealkylation sites (tertiary alicyclic amines) is 1. The van der Waals surface area contributed by atoms with Crippen molar-refractivity contribution in [2.45, 2.75) is 65.0 Å². The van der Waals surface area contributed by atoms with Crippen LogP contribution in [0.4, 0.5) is 26.3 Å². The lowest BCUT2D eigenvalue weighted by atomic mass is 9.94. The molecule has 2 aromatic carbocycles. The molecule has 15 heteroatoms. The SMILES string of the molecule is CCc1c(CN2CCC(C(=O)O)CC2)cccc1-c1nsc(-c2ccc(OC(C)C)c(C(F)(F)F)c2)n1.O=C(O)C(F)(F)F. The normalized spacial score (nSPS) is 14.7. The fourth-order valence-electron chi connectivity index (χ4n) is 4.68. The lowest BCUT2D eigenvalue weighted by Gasteiger charge is -2.30. The van der Waals surface area contributed by atoms with Crippen LogP contribution in [0.3, 0.4) is 0 Å². The van der Waals surface area contributed by atoms with Crippen molar-refractivity contribution >= 4 is 23.5 Å². The van der Waals surface area contributed by atoms with E-state index in [1.807, 2.05) is 12.1 Å². The minimum absolute atomic E-state index is 0.204. The standard InChI is InChI=1S/C27H30F3N3O3S.C2HF3O2/c1-4-20-19(15-33-12-10-17(11-13-33)26(34)35)6-5-7-21(20)24-31-25(37-32-24)18-8-9-23(36-16(2)3)22(14-18)27(28,29)30;3-2(4,5)1(6)7/h5-9,14,16-17H,4,10-13,15H2,1-3H3,(H,34,35);(H,6,7). The Balaban J connectivity index is 0.000000676. The highest BCUT2D eigenvalue weighted by Crippen LogP contribution is 2.40. The van der Waals surface area contributed by atoms with Gasteiger partial charge in [0.25, 0.3) is 0 Å². The number of alkyl halides is 6. The predicted molar refractivity (Wildman–Crippen MR) is 150 cm³/mol. The largest absolute Gasteiger partial charge is 0.490 e. The Morgan fingerprint density at radius 1 is 1.07 bits per heavy atom. The second-order valence-corrected chi connectivity index (χ2v) is 11.0. The summed E-state index contributed by atoms with van der Waals surface area (Å²) in [4.78, 5) is 27.0. The number of rotatable bonds is 8. The van der Waals surface area contributed by atoms with Crippen LogP contribution < -0.4 is 4.74 Å². The molecule has 0 atom stereocenters. The average Bonchev–Trinajstić information content (AvgIpc) is 3.42. The number of piperidine rings is 1. The van der Waals surface area contributed by atoms with Gasteiger partial charge in [-0.15, -0.1) is 0 Å². The number of aliphatic carboxylic acids is 2. The summed E-state index contributed by atoms with van der Waals surface area (Å²) in [7, 11) is 0. The van der Waals surface area contributed by atoms with Crippen LogP contribution in [0.5, 0.6) is 5.75 Å². The van der Waals surface area contributed by atoms with E-state index >= 15 is 0 Å². The molecule has 1 saturated heterocycles. The molecule has 240 valence electrons. The maximum Gasteiger partial charge on any atom is 0.490 e. The summed E-state index contributed by atoms with van der Waals surface area (Å²) in [6, 6.07) is 9.92. The van der Waals surface area contributed by atoms with Gasteiger partial charge in [0.05, 0.1) is 17.6 Å². The first-order valence-electron chi connectivity index (χ1n) is 13.6. The third kappa shape index (κ3) is 9.14. The zero-order chi connectivity index (χ0) is 32.8. The second-order valence-electron chi connectivity index (χ2n) is 10.3. The topological polar surface area (TPSA) is 113 Å². The third-order valence-corrected chi connectivity index (χ3v) is 7.53. The summed E-state index contributed by atoms with van der Waals surface area (Å²) in [5.41, 5.74) is 2.57. The predicted octanol–water partition coefficient (Wildman–Crippen LogP) is 7.17. The highest BCUT2D eigenvalue weighted by Gasteiger charge is 2.38. The maximum absolute atomic E-state index is 13.7. The molecule has 1 aromatic heterocycles. The Labute approximate surface area is 253 Å². The first-order valence-corrected chi connectivity index (χ1v) is 14.4. The maximum atomic E-state index is 13.7. The second kappa shape index (κ2) is 14.4. The number of nitrogens with zero attached hydrogens (tertiary/aromatic N) is 3. The molecule has 0 spiro atoms. The van der Waals surface area contributed by atoms with Gasteiger partial charge in [-0.05, 0) is 87.1 Å². The van der Waals surface area contributed by atoms with Crippen LogP contribution in [-0.4, -0.2) is 61.8 Å². The molecule has 0 bridgehead atoms. The molecule has 0 aliphatic carbocycles. The van der Waals surface area contributed by atoms with E-state index in [4.69, 9.17) is 14.6 Å². The number of ether oxygens (including phenoxy) is 1. The van der Waals surface area contributed by atoms with Crippen molar-refractivity contribution in [2.75, 3.05) is 13.1 Å². The summed E-state index contributed by atoms with van der Waals surface area (Å²) < 4.78 is 82.7. The number of benzene rings is 2. The average molecular weight is 648 g/mol. The monoisotopic (exact) mass is 647 g/mol. The van der Waals surface area contributed by atoms with Crippen molar-refractivity contribution in [3.8, 4) is 27.7 Å². The first kappa shape index (κ1) is 34.8. The molecule has 1 aliphatic rings. The van der Waals surface area contributed by atoms with Crippen LogP contribution in [0.15, 0.2) is 36.4 Å². The molecule has 0 unspecified atom stereocenters. The Morgan fingerprint density at radius 3 is 2.23 bits per heavy atom. The lowest BCUT2D eigenvalue weighted by Crippen LogP contribution is -2.36. The van der Waals surface area contributed by atoms with Crippen molar-refractivity contribution in [1.29, 1.82) is 0 Å². The van der Waals surface area contributed by atoms with E-state index in [-0.39, 0.29) is 17.8 Å². The van der Waals surface area contributed by atoms with Gasteiger partial charge in [0.15, 0.2) is 5.82 Å². The first-order chi connectivity index (χ1) is 20.5. The number of carbonyl (C=O) groups is 2.